The molecule has 0 aromatic rings. The van der Waals surface area contributed by atoms with Gasteiger partial charge in [0.25, 0.3) is 0 Å². The first-order chi connectivity index (χ1) is 14.7. The fourth-order valence-electron chi connectivity index (χ4n) is 4.39. The van der Waals surface area contributed by atoms with Crippen LogP contribution in [0.3, 0.4) is 0 Å². The van der Waals surface area contributed by atoms with Gasteiger partial charge in [-0.2, -0.15) is 0 Å². The number of unbranched alkanes of at least 4 members (excludes halogenated alkanes) is 1. The van der Waals surface area contributed by atoms with Gasteiger partial charge in [0, 0.05) is 18.5 Å². The molecule has 0 aliphatic rings. The molecule has 0 aromatic carbocycles. The van der Waals surface area contributed by atoms with Crippen LogP contribution in [0.2, 0.25) is 77.1 Å². The maximum Gasteiger partial charge on any atom is 0.246 e. The molecule has 1 N–H and O–H groups in total. The maximum atomic E-state index is 11.6. The Morgan fingerprint density at radius 3 is 1.68 bits per heavy atom. The molecule has 0 atom stereocenters. The highest BCUT2D eigenvalue weighted by Crippen LogP contribution is 2.28. The van der Waals surface area contributed by atoms with Gasteiger partial charge in [-0.05, 0) is 96.8 Å². The predicted octanol–water partition coefficient (Wildman–Crippen LogP) is 3.41. The summed E-state index contributed by atoms with van der Waals surface area (Å²) >= 11 is 0. The van der Waals surface area contributed by atoms with E-state index in [0.29, 0.717) is 5.57 Å². The van der Waals surface area contributed by atoms with E-state index < -0.39 is 33.3 Å². The second kappa shape index (κ2) is 15.0. The maximum absolute atomic E-state index is 11.6. The van der Waals surface area contributed by atoms with Gasteiger partial charge in [-0.3, -0.25) is 4.79 Å². The minimum atomic E-state index is -1.67. The van der Waals surface area contributed by atoms with E-state index in [1.165, 1.54) is 37.5 Å². The van der Waals surface area contributed by atoms with E-state index in [9.17, 15) is 4.79 Å². The normalized spacial score (nSPS) is 13.4. The average Bonchev–Trinajstić information content (AvgIpc) is 2.58. The van der Waals surface area contributed by atoms with Crippen LogP contribution in [-0.2, 0) is 13.0 Å². The lowest BCUT2D eigenvalue weighted by atomic mass is 10.2. The lowest BCUT2D eigenvalue weighted by Crippen LogP contribution is -3.00. The van der Waals surface area contributed by atoms with Crippen LogP contribution in [0.4, 0.5) is 0 Å². The van der Waals surface area contributed by atoms with Crippen LogP contribution in [0, 0.1) is 0 Å². The fourth-order valence-corrected chi connectivity index (χ4v) is 24.2. The number of amides is 1. The van der Waals surface area contributed by atoms with Crippen molar-refractivity contribution in [3.05, 3.63) is 12.2 Å². The summed E-state index contributed by atoms with van der Waals surface area (Å²) in [6.07, 6.45) is 3.48. The molecule has 0 spiro atoms. The number of carbonyl (C=O) groups excluding carboxylic acids is 1. The summed E-state index contributed by atoms with van der Waals surface area (Å²) in [5.41, 5.74) is 0.578. The number of nitrogens with zero attached hydrogens (tertiary/aromatic N) is 1. The zero-order valence-corrected chi connectivity index (χ0v) is 30.2. The Kier molecular flexibility index (Phi) is 16.1. The first-order valence-corrected chi connectivity index (χ1v) is 25.6. The monoisotopic (exact) mass is 612 g/mol. The number of halogens is 1. The molecule has 1 amide bonds. The topological polar surface area (TPSA) is 47.6 Å². The van der Waals surface area contributed by atoms with E-state index in [1.807, 2.05) is 0 Å². The first kappa shape index (κ1) is 36.6. The summed E-state index contributed by atoms with van der Waals surface area (Å²) in [7, 11) is -1.80. The van der Waals surface area contributed by atoms with Gasteiger partial charge < -0.3 is 35.0 Å². The predicted molar refractivity (Wildman–Crippen MR) is 156 cm³/mol. The summed E-state index contributed by atoms with van der Waals surface area (Å²) in [5, 5.41) is 2.93. The third-order valence-corrected chi connectivity index (χ3v) is 19.9. The van der Waals surface area contributed by atoms with Crippen LogP contribution >= 0.6 is 0 Å². The van der Waals surface area contributed by atoms with Crippen LogP contribution in [0.15, 0.2) is 12.2 Å². The Bertz CT molecular complexity index is 636. The molecule has 0 aliphatic heterocycles. The molecule has 0 radical (unpaired) electrons. The van der Waals surface area contributed by atoms with E-state index in [-0.39, 0.29) is 22.9 Å². The Morgan fingerprint density at radius 1 is 0.765 bits per heavy atom. The van der Waals surface area contributed by atoms with E-state index in [4.69, 9.17) is 8.23 Å². The Balaban J connectivity index is 0. The van der Waals surface area contributed by atoms with Gasteiger partial charge >= 0.3 is 0 Å². The lowest BCUT2D eigenvalue weighted by molar-refractivity contribution is -0.890. The highest BCUT2D eigenvalue weighted by atomic mass is 79.9. The Labute approximate surface area is 227 Å². The Morgan fingerprint density at radius 2 is 1.21 bits per heavy atom. The molecule has 0 aromatic heterocycles. The molecule has 204 valence electrons. The smallest absolute Gasteiger partial charge is 0.246 e. The van der Waals surface area contributed by atoms with E-state index in [2.05, 4.69) is 84.9 Å². The minimum absolute atomic E-state index is 0. The molecule has 0 saturated heterocycles. The molecule has 0 unspecified atom stereocenters. The number of hydrogen-bond donors (Lipinski definition) is 1. The summed E-state index contributed by atoms with van der Waals surface area (Å²) in [4.78, 5) is 11.6. The van der Waals surface area contributed by atoms with Crippen molar-refractivity contribution in [3.8, 4) is 0 Å². The minimum Gasteiger partial charge on any atom is -1.00 e. The molecule has 5 nitrogen and oxygen atoms in total. The average molecular weight is 614 g/mol. The van der Waals surface area contributed by atoms with Gasteiger partial charge in [0.05, 0.1) is 27.2 Å². The molecular formula is C24H57BrN2O3Si4. The molecule has 0 heterocycles. The fraction of sp³-hybridized carbons (Fsp3) is 0.875. The highest BCUT2D eigenvalue weighted by Gasteiger charge is 2.36. The molecule has 0 saturated carbocycles. The van der Waals surface area contributed by atoms with Gasteiger partial charge in [0.15, 0.2) is 33.3 Å². The van der Waals surface area contributed by atoms with Crippen molar-refractivity contribution in [1.82, 2.24) is 5.32 Å². The Hall–Kier alpha value is 0.438. The van der Waals surface area contributed by atoms with Gasteiger partial charge in [-0.15, -0.1) is 0 Å². The molecule has 0 bridgehead atoms. The van der Waals surface area contributed by atoms with Crippen LogP contribution in [-0.4, -0.2) is 77.4 Å². The van der Waals surface area contributed by atoms with Gasteiger partial charge in [-0.25, -0.2) is 0 Å². The standard InChI is InChI=1S/C24H56N2O3Si4.BrH/c1-23(2)24(27)25-17-16-19-26(3,4)18-14-15-20-31(8,9)29-33(12,13)22-21-32(10,11)28-30(5,6)7;/h1,14-22H2,2-13H3;1H. The second-order valence-corrected chi connectivity index (χ2v) is 31.2. The summed E-state index contributed by atoms with van der Waals surface area (Å²) in [6.45, 7) is 29.7. The summed E-state index contributed by atoms with van der Waals surface area (Å²) < 4.78 is 14.5. The number of hydrogen-bond acceptors (Lipinski definition) is 3. The van der Waals surface area contributed by atoms with Gasteiger partial charge in [-0.1, -0.05) is 6.58 Å². The van der Waals surface area contributed by atoms with Crippen LogP contribution in [0.5, 0.6) is 0 Å². The number of nitrogens with one attached hydrogen (secondary N) is 1. The quantitative estimate of drug-likeness (QED) is 0.118. The second-order valence-electron chi connectivity index (χ2n) is 13.3. The van der Waals surface area contributed by atoms with Crippen LogP contribution in [0.25, 0.3) is 0 Å². The molecule has 34 heavy (non-hydrogen) atoms. The van der Waals surface area contributed by atoms with Gasteiger partial charge in [0.1, 0.15) is 0 Å². The summed E-state index contributed by atoms with van der Waals surface area (Å²) in [6, 6.07) is 3.68. The summed E-state index contributed by atoms with van der Waals surface area (Å²) in [5.74, 6) is -0.0338. The largest absolute Gasteiger partial charge is 1.00 e. The van der Waals surface area contributed by atoms with Crippen molar-refractivity contribution < 1.29 is 34.5 Å². The third-order valence-electron chi connectivity index (χ3n) is 5.87. The zero-order valence-electron chi connectivity index (χ0n) is 24.6. The van der Waals surface area contributed by atoms with Crippen molar-refractivity contribution in [2.75, 3.05) is 33.7 Å². The van der Waals surface area contributed by atoms with E-state index >= 15 is 0 Å². The number of carbonyl (C=O) groups is 1. The lowest BCUT2D eigenvalue weighted by Gasteiger charge is -2.37. The van der Waals surface area contributed by atoms with E-state index in [0.717, 1.165) is 24.0 Å². The van der Waals surface area contributed by atoms with Crippen molar-refractivity contribution >= 4 is 39.2 Å². The molecule has 0 fully saturated rings. The third kappa shape index (κ3) is 19.6. The van der Waals surface area contributed by atoms with Crippen molar-refractivity contribution in [1.29, 1.82) is 0 Å². The molecular weight excluding hydrogens is 557 g/mol. The van der Waals surface area contributed by atoms with Gasteiger partial charge in [0.2, 0.25) is 5.91 Å². The molecule has 0 rings (SSSR count). The molecule has 10 heteroatoms. The van der Waals surface area contributed by atoms with Crippen LogP contribution in [0.1, 0.15) is 26.2 Å². The van der Waals surface area contributed by atoms with Crippen molar-refractivity contribution in [2.24, 2.45) is 0 Å². The SMILES string of the molecule is C=C(C)C(=O)NCCC[N+](C)(C)CCCC[Si](C)(C)O[Si](C)(C)CC[Si](C)(C)O[Si](C)(C)C.[Br-]. The van der Waals surface area contributed by atoms with E-state index in [1.54, 1.807) is 6.92 Å². The number of rotatable bonds is 17. The molecule has 0 aliphatic carbocycles. The first-order valence-electron chi connectivity index (χ1n) is 12.8. The zero-order chi connectivity index (χ0) is 26.1. The van der Waals surface area contributed by atoms with Crippen molar-refractivity contribution in [3.63, 3.8) is 0 Å². The van der Waals surface area contributed by atoms with Crippen LogP contribution < -0.4 is 22.3 Å². The van der Waals surface area contributed by atoms with Crippen molar-refractivity contribution in [2.45, 2.75) is 103 Å². The number of quaternary nitrogens is 1. The highest BCUT2D eigenvalue weighted by molar-refractivity contribution is 6.87.